The van der Waals surface area contributed by atoms with E-state index in [1.165, 1.54) is 31.2 Å². The third-order valence-corrected chi connectivity index (χ3v) is 7.28. The number of aryl methyl sites for hydroxylation is 1. The zero-order chi connectivity index (χ0) is 25.1. The van der Waals surface area contributed by atoms with Gasteiger partial charge in [-0.2, -0.15) is 13.2 Å². The predicted molar refractivity (Wildman–Crippen MR) is 123 cm³/mol. The first-order chi connectivity index (χ1) is 16.6. The molecular weight excluding hydrogens is 458 g/mol. The number of amides is 1. The highest BCUT2D eigenvalue weighted by molar-refractivity contribution is 5.97. The number of carbonyl (C=O) groups is 1. The van der Waals surface area contributed by atoms with Crippen LogP contribution < -0.4 is 0 Å². The van der Waals surface area contributed by atoms with Gasteiger partial charge in [0.1, 0.15) is 11.6 Å². The van der Waals surface area contributed by atoms with Gasteiger partial charge in [-0.05, 0) is 81.0 Å². The lowest BCUT2D eigenvalue weighted by Gasteiger charge is -2.49. The van der Waals surface area contributed by atoms with Crippen LogP contribution in [0.4, 0.5) is 17.6 Å². The molecule has 1 amide bonds. The number of aromatic nitrogens is 2. The number of hydrogen-bond donors (Lipinski definition) is 0. The quantitative estimate of drug-likeness (QED) is 0.393. The largest absolute Gasteiger partial charge is 0.416 e. The monoisotopic (exact) mass is 483 g/mol. The Balaban J connectivity index is 1.63. The summed E-state index contributed by atoms with van der Waals surface area (Å²) >= 11 is 0. The van der Waals surface area contributed by atoms with Crippen LogP contribution in [0.3, 0.4) is 0 Å². The van der Waals surface area contributed by atoms with Gasteiger partial charge in [-0.3, -0.25) is 4.79 Å². The van der Waals surface area contributed by atoms with E-state index >= 15 is 0 Å². The van der Waals surface area contributed by atoms with E-state index in [9.17, 15) is 22.4 Å². The number of nitrogens with zero attached hydrogens (tertiary/aromatic N) is 3. The van der Waals surface area contributed by atoms with Crippen molar-refractivity contribution in [1.82, 2.24) is 14.9 Å². The minimum Gasteiger partial charge on any atom is -0.326 e. The standard InChI is InChI=1S/C27H25F4N3O/c1-14-7-12-19-13-21-23(17-8-10-18(28)11-9-17)32-16(3)33-24(21)25(14)34(19)26(35)20-5-4-6-22(15(20)2)27(29,30)31/h4-6,8-11,14,19,25H,7,12-13H2,1-3H3/t14-,19+,25-/m1/s1. The molecule has 3 heterocycles. The molecule has 3 atom stereocenters. The molecule has 0 spiro atoms. The molecule has 1 aromatic heterocycles. The zero-order valence-corrected chi connectivity index (χ0v) is 19.7. The molecule has 0 N–H and O–H groups in total. The van der Waals surface area contributed by atoms with Crippen LogP contribution in [0.25, 0.3) is 11.3 Å². The molecule has 1 saturated heterocycles. The van der Waals surface area contributed by atoms with Gasteiger partial charge >= 0.3 is 6.18 Å². The van der Waals surface area contributed by atoms with E-state index < -0.39 is 17.6 Å². The number of carbonyl (C=O) groups excluding carboxylic acids is 1. The average Bonchev–Trinajstić information content (AvgIpc) is 2.80. The Kier molecular flexibility index (Phi) is 5.65. The van der Waals surface area contributed by atoms with Crippen LogP contribution in [0, 0.1) is 25.6 Å². The molecule has 8 heteroatoms. The summed E-state index contributed by atoms with van der Waals surface area (Å²) in [5.74, 6) is -0.148. The normalized spacial score (nSPS) is 21.6. The van der Waals surface area contributed by atoms with E-state index in [-0.39, 0.29) is 34.9 Å². The summed E-state index contributed by atoms with van der Waals surface area (Å²) in [6, 6.07) is 9.34. The highest BCUT2D eigenvalue weighted by Gasteiger charge is 2.46. The topological polar surface area (TPSA) is 46.1 Å². The minimum absolute atomic E-state index is 0.0626. The Morgan fingerprint density at radius 3 is 2.43 bits per heavy atom. The van der Waals surface area contributed by atoms with Crippen molar-refractivity contribution < 1.29 is 22.4 Å². The fourth-order valence-electron chi connectivity index (χ4n) is 5.61. The lowest BCUT2D eigenvalue weighted by Crippen LogP contribution is -2.53. The van der Waals surface area contributed by atoms with Crippen molar-refractivity contribution >= 4 is 5.91 Å². The molecule has 4 nitrogen and oxygen atoms in total. The van der Waals surface area contributed by atoms with Gasteiger partial charge in [0.15, 0.2) is 0 Å². The molecule has 2 aliphatic heterocycles. The molecule has 0 unspecified atom stereocenters. The molecule has 182 valence electrons. The predicted octanol–water partition coefficient (Wildman–Crippen LogP) is 6.46. The summed E-state index contributed by atoms with van der Waals surface area (Å²) in [6.45, 7) is 5.17. The Hall–Kier alpha value is -3.29. The van der Waals surface area contributed by atoms with Crippen LogP contribution in [-0.2, 0) is 12.6 Å². The van der Waals surface area contributed by atoms with Crippen molar-refractivity contribution in [3.8, 4) is 11.3 Å². The van der Waals surface area contributed by atoms with Gasteiger partial charge in [-0.25, -0.2) is 14.4 Å². The van der Waals surface area contributed by atoms with E-state index in [0.717, 1.165) is 41.4 Å². The van der Waals surface area contributed by atoms with E-state index in [0.29, 0.717) is 12.2 Å². The van der Waals surface area contributed by atoms with Crippen molar-refractivity contribution in [3.05, 3.63) is 82.1 Å². The van der Waals surface area contributed by atoms with Gasteiger partial charge in [0.25, 0.3) is 5.91 Å². The molecule has 2 bridgehead atoms. The summed E-state index contributed by atoms with van der Waals surface area (Å²) in [5, 5.41) is 0. The number of hydrogen-bond acceptors (Lipinski definition) is 3. The lowest BCUT2D eigenvalue weighted by molar-refractivity contribution is -0.138. The number of alkyl halides is 3. The third kappa shape index (κ3) is 3.98. The van der Waals surface area contributed by atoms with Gasteiger partial charge in [-0.1, -0.05) is 13.0 Å². The zero-order valence-electron chi connectivity index (χ0n) is 19.7. The second-order valence-corrected chi connectivity index (χ2v) is 9.54. The smallest absolute Gasteiger partial charge is 0.326 e. The number of piperidine rings is 1. The van der Waals surface area contributed by atoms with Gasteiger partial charge in [0.2, 0.25) is 0 Å². The second-order valence-electron chi connectivity index (χ2n) is 9.54. The number of benzene rings is 2. The molecule has 2 aromatic carbocycles. The van der Waals surface area contributed by atoms with Crippen LogP contribution in [0.5, 0.6) is 0 Å². The van der Waals surface area contributed by atoms with Crippen LogP contribution in [0.2, 0.25) is 0 Å². The maximum atomic E-state index is 13.8. The maximum Gasteiger partial charge on any atom is 0.416 e. The maximum absolute atomic E-state index is 13.8. The second kappa shape index (κ2) is 8.43. The first kappa shape index (κ1) is 23.5. The molecule has 3 aromatic rings. The lowest BCUT2D eigenvalue weighted by atomic mass is 9.75. The minimum atomic E-state index is -4.54. The number of rotatable bonds is 2. The summed E-state index contributed by atoms with van der Waals surface area (Å²) in [4.78, 5) is 25.0. The number of halogens is 4. The summed E-state index contributed by atoms with van der Waals surface area (Å²) in [7, 11) is 0. The van der Waals surface area contributed by atoms with Crippen molar-refractivity contribution in [3.63, 3.8) is 0 Å². The van der Waals surface area contributed by atoms with E-state index in [2.05, 4.69) is 4.98 Å². The van der Waals surface area contributed by atoms with Crippen LogP contribution in [0.15, 0.2) is 42.5 Å². The molecule has 35 heavy (non-hydrogen) atoms. The highest BCUT2D eigenvalue weighted by Crippen LogP contribution is 2.47. The summed E-state index contributed by atoms with van der Waals surface area (Å²) in [5.41, 5.74) is 2.36. The van der Waals surface area contributed by atoms with Crippen molar-refractivity contribution in [2.45, 2.75) is 58.3 Å². The number of fused-ring (bicyclic) bond motifs is 4. The van der Waals surface area contributed by atoms with E-state index in [4.69, 9.17) is 4.98 Å². The molecular formula is C27H25F4N3O. The highest BCUT2D eigenvalue weighted by atomic mass is 19.4. The SMILES string of the molecule is Cc1nc(-c2ccc(F)cc2)c2c(n1)[C@H]1[C@H](C)CC[C@@H](C2)N1C(=O)c1cccc(C(F)(F)F)c1C. The molecule has 0 aliphatic carbocycles. The first-order valence-electron chi connectivity index (χ1n) is 11.7. The van der Waals surface area contributed by atoms with Gasteiger partial charge in [-0.15, -0.1) is 0 Å². The Labute approximate surface area is 201 Å². The Morgan fingerprint density at radius 1 is 1.03 bits per heavy atom. The summed E-state index contributed by atoms with van der Waals surface area (Å²) in [6.07, 6.45) is -2.42. The van der Waals surface area contributed by atoms with Gasteiger partial charge in [0.05, 0.1) is 23.0 Å². The van der Waals surface area contributed by atoms with Crippen molar-refractivity contribution in [2.75, 3.05) is 0 Å². The van der Waals surface area contributed by atoms with Gasteiger partial charge < -0.3 is 4.90 Å². The fraction of sp³-hybridized carbons (Fsp3) is 0.370. The molecule has 0 radical (unpaired) electrons. The fourth-order valence-corrected chi connectivity index (χ4v) is 5.61. The van der Waals surface area contributed by atoms with Crippen molar-refractivity contribution in [1.29, 1.82) is 0 Å². The molecule has 0 saturated carbocycles. The molecule has 2 aliphatic rings. The average molecular weight is 484 g/mol. The summed E-state index contributed by atoms with van der Waals surface area (Å²) < 4.78 is 54.2. The van der Waals surface area contributed by atoms with Crippen LogP contribution in [-0.4, -0.2) is 26.8 Å². The third-order valence-electron chi connectivity index (χ3n) is 7.28. The Bertz CT molecular complexity index is 1300. The first-order valence-corrected chi connectivity index (χ1v) is 11.7. The molecule has 1 fully saturated rings. The Morgan fingerprint density at radius 2 is 1.74 bits per heavy atom. The van der Waals surface area contributed by atoms with Crippen molar-refractivity contribution in [2.24, 2.45) is 5.92 Å². The van der Waals surface area contributed by atoms with Gasteiger partial charge in [0, 0.05) is 22.7 Å². The molecule has 5 rings (SSSR count). The van der Waals surface area contributed by atoms with Crippen LogP contribution >= 0.6 is 0 Å². The van der Waals surface area contributed by atoms with E-state index in [1.807, 2.05) is 6.92 Å². The van der Waals surface area contributed by atoms with Crippen LogP contribution in [0.1, 0.15) is 64.4 Å². The van der Waals surface area contributed by atoms with E-state index in [1.54, 1.807) is 24.0 Å².